The Bertz CT molecular complexity index is 772. The van der Waals surface area contributed by atoms with Crippen LogP contribution < -0.4 is 11.2 Å². The SMILES string of the molecule is CC(NC(=O)CSc1nnc(C(C)(C)C)n1N)c1ccc(Cl)c(Cl)c1. The van der Waals surface area contributed by atoms with Gasteiger partial charge in [-0.3, -0.25) is 4.79 Å². The van der Waals surface area contributed by atoms with Crippen LogP contribution in [0.2, 0.25) is 10.0 Å². The lowest BCUT2D eigenvalue weighted by Crippen LogP contribution is -2.28. The highest BCUT2D eigenvalue weighted by atomic mass is 35.5. The van der Waals surface area contributed by atoms with Crippen molar-refractivity contribution in [1.82, 2.24) is 20.2 Å². The Balaban J connectivity index is 1.94. The van der Waals surface area contributed by atoms with Gasteiger partial charge in [-0.25, -0.2) is 4.68 Å². The number of nitrogens with zero attached hydrogens (tertiary/aromatic N) is 3. The molecule has 2 rings (SSSR count). The monoisotopic (exact) mass is 401 g/mol. The van der Waals surface area contributed by atoms with Gasteiger partial charge >= 0.3 is 0 Å². The van der Waals surface area contributed by atoms with Crippen molar-refractivity contribution in [2.75, 3.05) is 11.6 Å². The molecule has 0 aliphatic heterocycles. The minimum Gasteiger partial charge on any atom is -0.349 e. The second kappa shape index (κ2) is 7.85. The van der Waals surface area contributed by atoms with Gasteiger partial charge in [-0.05, 0) is 24.6 Å². The van der Waals surface area contributed by atoms with Crippen LogP contribution in [0.15, 0.2) is 23.4 Å². The van der Waals surface area contributed by atoms with Crippen LogP contribution in [-0.2, 0) is 10.2 Å². The molecule has 0 spiro atoms. The minimum atomic E-state index is -0.217. The Morgan fingerprint density at radius 1 is 1.32 bits per heavy atom. The van der Waals surface area contributed by atoms with Crippen LogP contribution in [0.4, 0.5) is 0 Å². The molecular formula is C16H21Cl2N5OS. The molecule has 0 aliphatic carbocycles. The van der Waals surface area contributed by atoms with Crippen molar-refractivity contribution in [2.24, 2.45) is 0 Å². The lowest BCUT2D eigenvalue weighted by atomic mass is 9.96. The van der Waals surface area contributed by atoms with E-state index in [-0.39, 0.29) is 23.1 Å². The number of aromatic nitrogens is 3. The lowest BCUT2D eigenvalue weighted by molar-refractivity contribution is -0.119. The molecule has 2 aromatic rings. The smallest absolute Gasteiger partial charge is 0.230 e. The Morgan fingerprint density at radius 3 is 2.56 bits per heavy atom. The van der Waals surface area contributed by atoms with E-state index in [4.69, 9.17) is 29.0 Å². The number of thioether (sulfide) groups is 1. The van der Waals surface area contributed by atoms with Gasteiger partial charge in [0, 0.05) is 5.41 Å². The lowest BCUT2D eigenvalue weighted by Gasteiger charge is -2.16. The largest absolute Gasteiger partial charge is 0.349 e. The van der Waals surface area contributed by atoms with Gasteiger partial charge < -0.3 is 11.2 Å². The molecule has 0 bridgehead atoms. The predicted molar refractivity (Wildman–Crippen MR) is 103 cm³/mol. The first-order chi connectivity index (χ1) is 11.6. The first-order valence-electron chi connectivity index (χ1n) is 7.67. The number of nitrogens with two attached hydrogens (primary N) is 1. The van der Waals surface area contributed by atoms with Crippen molar-refractivity contribution in [2.45, 2.75) is 44.3 Å². The van der Waals surface area contributed by atoms with Crippen LogP contribution in [-0.4, -0.2) is 26.5 Å². The summed E-state index contributed by atoms with van der Waals surface area (Å²) in [6.45, 7) is 7.88. The van der Waals surface area contributed by atoms with Crippen molar-refractivity contribution in [3.8, 4) is 0 Å². The van der Waals surface area contributed by atoms with Gasteiger partial charge in [-0.15, -0.1) is 10.2 Å². The van der Waals surface area contributed by atoms with E-state index >= 15 is 0 Å². The van der Waals surface area contributed by atoms with Gasteiger partial charge in [0.05, 0.1) is 21.8 Å². The molecule has 9 heteroatoms. The molecule has 3 N–H and O–H groups in total. The van der Waals surface area contributed by atoms with Crippen molar-refractivity contribution in [3.63, 3.8) is 0 Å². The summed E-state index contributed by atoms with van der Waals surface area (Å²) in [6.07, 6.45) is 0. The van der Waals surface area contributed by atoms with Crippen LogP contribution in [0.5, 0.6) is 0 Å². The standard InChI is InChI=1S/C16H21Cl2N5OS/c1-9(10-5-6-11(17)12(18)7-10)20-13(24)8-25-15-22-21-14(23(15)19)16(2,3)4/h5-7,9H,8,19H2,1-4H3,(H,20,24). The summed E-state index contributed by atoms with van der Waals surface area (Å²) in [5.74, 6) is 6.73. The number of rotatable bonds is 5. The van der Waals surface area contributed by atoms with Crippen LogP contribution in [0.25, 0.3) is 0 Å². The third-order valence-corrected chi connectivity index (χ3v) is 5.17. The second-order valence-corrected chi connectivity index (χ2v) is 8.43. The molecule has 136 valence electrons. The second-order valence-electron chi connectivity index (χ2n) is 6.68. The number of hydrogen-bond acceptors (Lipinski definition) is 5. The van der Waals surface area contributed by atoms with Crippen LogP contribution in [0.1, 0.15) is 45.1 Å². The first-order valence-corrected chi connectivity index (χ1v) is 9.42. The molecule has 0 aliphatic rings. The summed E-state index contributed by atoms with van der Waals surface area (Å²) >= 11 is 13.2. The number of nitrogen functional groups attached to an aromatic ring is 1. The fourth-order valence-corrected chi connectivity index (χ4v) is 3.14. The molecule has 0 saturated carbocycles. The number of halogens is 2. The van der Waals surface area contributed by atoms with E-state index < -0.39 is 0 Å². The van der Waals surface area contributed by atoms with E-state index in [1.807, 2.05) is 33.8 Å². The van der Waals surface area contributed by atoms with Crippen LogP contribution in [0, 0.1) is 0 Å². The molecule has 6 nitrogen and oxygen atoms in total. The number of carbonyl (C=O) groups excluding carboxylic acids is 1. The van der Waals surface area contributed by atoms with Gasteiger partial charge in [0.1, 0.15) is 0 Å². The van der Waals surface area contributed by atoms with E-state index in [2.05, 4.69) is 15.5 Å². The van der Waals surface area contributed by atoms with Gasteiger partial charge in [-0.2, -0.15) is 0 Å². The molecule has 0 fully saturated rings. The molecular weight excluding hydrogens is 381 g/mol. The molecule has 25 heavy (non-hydrogen) atoms. The summed E-state index contributed by atoms with van der Waals surface area (Å²) in [5.41, 5.74) is 0.662. The van der Waals surface area contributed by atoms with Gasteiger partial charge in [0.25, 0.3) is 0 Å². The normalized spacial score (nSPS) is 12.9. The molecule has 1 unspecified atom stereocenters. The molecule has 1 aromatic heterocycles. The topological polar surface area (TPSA) is 85.8 Å². The molecule has 1 aromatic carbocycles. The number of benzene rings is 1. The zero-order chi connectivity index (χ0) is 18.8. The molecule has 0 radical (unpaired) electrons. The van der Waals surface area contributed by atoms with Gasteiger partial charge in [-0.1, -0.05) is 61.8 Å². The number of amides is 1. The fraction of sp³-hybridized carbons (Fsp3) is 0.438. The number of hydrogen-bond donors (Lipinski definition) is 2. The highest BCUT2D eigenvalue weighted by Crippen LogP contribution is 2.26. The van der Waals surface area contributed by atoms with Crippen molar-refractivity contribution >= 4 is 40.9 Å². The summed E-state index contributed by atoms with van der Waals surface area (Å²) in [4.78, 5) is 12.2. The number of carbonyl (C=O) groups is 1. The Kier molecular flexibility index (Phi) is 6.24. The molecule has 1 heterocycles. The van der Waals surface area contributed by atoms with Crippen molar-refractivity contribution in [3.05, 3.63) is 39.6 Å². The minimum absolute atomic E-state index is 0.135. The molecule has 0 saturated heterocycles. The average Bonchev–Trinajstić information content (AvgIpc) is 2.89. The van der Waals surface area contributed by atoms with Crippen LogP contribution >= 0.6 is 35.0 Å². The first kappa shape index (κ1) is 19.9. The maximum Gasteiger partial charge on any atom is 0.230 e. The average molecular weight is 402 g/mol. The van der Waals surface area contributed by atoms with E-state index in [1.165, 1.54) is 16.4 Å². The zero-order valence-electron chi connectivity index (χ0n) is 14.5. The number of nitrogens with one attached hydrogen (secondary N) is 1. The third-order valence-electron chi connectivity index (χ3n) is 3.49. The Labute approximate surface area is 161 Å². The summed E-state index contributed by atoms with van der Waals surface area (Å²) < 4.78 is 1.43. The maximum atomic E-state index is 12.2. The summed E-state index contributed by atoms with van der Waals surface area (Å²) in [6, 6.07) is 5.09. The highest BCUT2D eigenvalue weighted by Gasteiger charge is 2.23. The Morgan fingerprint density at radius 2 is 2.00 bits per heavy atom. The summed E-state index contributed by atoms with van der Waals surface area (Å²) in [7, 11) is 0. The highest BCUT2D eigenvalue weighted by molar-refractivity contribution is 7.99. The quantitative estimate of drug-likeness (QED) is 0.590. The maximum absolute atomic E-state index is 12.2. The van der Waals surface area contributed by atoms with E-state index in [1.54, 1.807) is 12.1 Å². The van der Waals surface area contributed by atoms with Crippen LogP contribution in [0.3, 0.4) is 0 Å². The fourth-order valence-electron chi connectivity index (χ4n) is 2.17. The molecule has 1 atom stereocenters. The Hall–Kier alpha value is -1.44. The molecule has 1 amide bonds. The predicted octanol–water partition coefficient (Wildman–Crippen LogP) is 3.57. The van der Waals surface area contributed by atoms with E-state index in [9.17, 15) is 4.79 Å². The van der Waals surface area contributed by atoms with Gasteiger partial charge in [0.2, 0.25) is 11.1 Å². The summed E-state index contributed by atoms with van der Waals surface area (Å²) in [5, 5.41) is 12.5. The van der Waals surface area contributed by atoms with E-state index in [0.29, 0.717) is 21.0 Å². The van der Waals surface area contributed by atoms with Crippen molar-refractivity contribution < 1.29 is 4.79 Å². The van der Waals surface area contributed by atoms with Gasteiger partial charge in [0.15, 0.2) is 5.82 Å². The van der Waals surface area contributed by atoms with E-state index in [0.717, 1.165) is 5.56 Å². The third kappa shape index (κ3) is 5.03. The van der Waals surface area contributed by atoms with Crippen molar-refractivity contribution in [1.29, 1.82) is 0 Å². The zero-order valence-corrected chi connectivity index (χ0v) is 16.8.